The molecule has 24 heavy (non-hydrogen) atoms. The monoisotopic (exact) mass is 351 g/mol. The van der Waals surface area contributed by atoms with Gasteiger partial charge in [0.2, 0.25) is 10.0 Å². The molecule has 130 valence electrons. The van der Waals surface area contributed by atoms with Gasteiger partial charge in [-0.3, -0.25) is 0 Å². The van der Waals surface area contributed by atoms with Gasteiger partial charge in [-0.25, -0.2) is 17.5 Å². The minimum Gasteiger partial charge on any atom is -0.496 e. The van der Waals surface area contributed by atoms with E-state index >= 15 is 0 Å². The molecule has 1 N–H and O–H groups in total. The lowest BCUT2D eigenvalue weighted by molar-refractivity contribution is 0.411. The molecular weight excluding hydrogens is 329 g/mol. The number of hydrogen-bond donors (Lipinski definition) is 1. The largest absolute Gasteiger partial charge is 0.496 e. The van der Waals surface area contributed by atoms with Gasteiger partial charge in [0.25, 0.3) is 0 Å². The molecule has 1 unspecified atom stereocenters. The van der Waals surface area contributed by atoms with E-state index in [1.807, 2.05) is 32.0 Å². The van der Waals surface area contributed by atoms with Gasteiger partial charge in [-0.15, -0.1) is 0 Å². The third-order valence-corrected chi connectivity index (χ3v) is 5.19. The van der Waals surface area contributed by atoms with Crippen molar-refractivity contribution in [1.82, 2.24) is 4.72 Å². The van der Waals surface area contributed by atoms with Crippen LogP contribution in [-0.4, -0.2) is 15.5 Å². The summed E-state index contributed by atoms with van der Waals surface area (Å²) in [5.74, 6) is -0.148. The summed E-state index contributed by atoms with van der Waals surface area (Å²) in [7, 11) is -2.07. The van der Waals surface area contributed by atoms with Crippen LogP contribution in [-0.2, 0) is 15.8 Å². The maximum atomic E-state index is 13.7. The Morgan fingerprint density at radius 2 is 1.92 bits per heavy atom. The molecule has 0 radical (unpaired) electrons. The smallest absolute Gasteiger partial charge is 0.216 e. The normalized spacial score (nSPS) is 12.8. The van der Waals surface area contributed by atoms with Crippen molar-refractivity contribution in [3.05, 3.63) is 65.0 Å². The van der Waals surface area contributed by atoms with Gasteiger partial charge in [-0.2, -0.15) is 0 Å². The summed E-state index contributed by atoms with van der Waals surface area (Å²) in [5, 5.41) is 0. The average molecular weight is 351 g/mol. The molecule has 0 heterocycles. The number of sulfonamides is 1. The molecule has 0 saturated heterocycles. The van der Waals surface area contributed by atoms with Crippen molar-refractivity contribution in [3.63, 3.8) is 0 Å². The minimum absolute atomic E-state index is 0.158. The molecule has 4 nitrogen and oxygen atoms in total. The fourth-order valence-electron chi connectivity index (χ4n) is 2.58. The number of ether oxygens (including phenoxy) is 1. The number of aryl methyl sites for hydroxylation is 1. The Hall–Kier alpha value is -1.92. The molecule has 0 spiro atoms. The maximum absolute atomic E-state index is 13.7. The number of halogens is 1. The molecule has 0 aliphatic rings. The van der Waals surface area contributed by atoms with Gasteiger partial charge in [0.05, 0.1) is 12.9 Å². The first kappa shape index (κ1) is 18.4. The van der Waals surface area contributed by atoms with Crippen molar-refractivity contribution in [1.29, 1.82) is 0 Å². The molecule has 0 aromatic heterocycles. The third-order valence-electron chi connectivity index (χ3n) is 3.85. The number of rotatable bonds is 7. The molecule has 1 atom stereocenters. The standard InChI is InChI=1S/C18H22FNO3S/c1-4-17(14-9-10-18(23-3)13(2)11-14)20-24(21,22)12-15-7-5-6-8-16(15)19/h5-11,17,20H,4,12H2,1-3H3. The molecule has 6 heteroatoms. The molecule has 2 rings (SSSR count). The van der Waals surface area contributed by atoms with E-state index in [0.717, 1.165) is 16.9 Å². The quantitative estimate of drug-likeness (QED) is 0.827. The zero-order valence-corrected chi connectivity index (χ0v) is 14.9. The first-order valence-corrected chi connectivity index (χ1v) is 9.39. The maximum Gasteiger partial charge on any atom is 0.216 e. The average Bonchev–Trinajstić information content (AvgIpc) is 2.54. The number of nitrogens with one attached hydrogen (secondary N) is 1. The first-order chi connectivity index (χ1) is 11.4. The van der Waals surface area contributed by atoms with E-state index < -0.39 is 15.8 Å². The highest BCUT2D eigenvalue weighted by molar-refractivity contribution is 7.88. The predicted molar refractivity (Wildman–Crippen MR) is 92.9 cm³/mol. The molecule has 0 saturated carbocycles. The van der Waals surface area contributed by atoms with Gasteiger partial charge < -0.3 is 4.74 Å². The zero-order valence-electron chi connectivity index (χ0n) is 14.0. The van der Waals surface area contributed by atoms with Gasteiger partial charge in [0.15, 0.2) is 0 Å². The van der Waals surface area contributed by atoms with E-state index in [0.29, 0.717) is 6.42 Å². The van der Waals surface area contributed by atoms with Crippen LogP contribution in [0, 0.1) is 12.7 Å². The summed E-state index contributed by atoms with van der Waals surface area (Å²) >= 11 is 0. The Balaban J connectivity index is 2.20. The Labute approximate surface area is 142 Å². The highest BCUT2D eigenvalue weighted by atomic mass is 32.2. The van der Waals surface area contributed by atoms with Crippen molar-refractivity contribution in [2.45, 2.75) is 32.1 Å². The van der Waals surface area contributed by atoms with E-state index in [1.165, 1.54) is 18.2 Å². The van der Waals surface area contributed by atoms with Crippen molar-refractivity contribution >= 4 is 10.0 Å². The number of methoxy groups -OCH3 is 1. The van der Waals surface area contributed by atoms with Crippen molar-refractivity contribution in [3.8, 4) is 5.75 Å². The van der Waals surface area contributed by atoms with Gasteiger partial charge in [0.1, 0.15) is 11.6 Å². The highest BCUT2D eigenvalue weighted by Gasteiger charge is 2.20. The van der Waals surface area contributed by atoms with Crippen LogP contribution in [0.3, 0.4) is 0 Å². The molecule has 2 aromatic rings. The van der Waals surface area contributed by atoms with Gasteiger partial charge in [0, 0.05) is 11.6 Å². The zero-order chi connectivity index (χ0) is 17.7. The third kappa shape index (κ3) is 4.55. The van der Waals surface area contributed by atoms with E-state index in [1.54, 1.807) is 13.2 Å². The molecule has 0 bridgehead atoms. The van der Waals surface area contributed by atoms with E-state index in [9.17, 15) is 12.8 Å². The van der Waals surface area contributed by atoms with Crippen LogP contribution in [0.25, 0.3) is 0 Å². The minimum atomic E-state index is -3.67. The van der Waals surface area contributed by atoms with Crippen LogP contribution in [0.2, 0.25) is 0 Å². The van der Waals surface area contributed by atoms with Crippen LogP contribution in [0.4, 0.5) is 4.39 Å². The lowest BCUT2D eigenvalue weighted by atomic mass is 10.0. The topological polar surface area (TPSA) is 55.4 Å². The van der Waals surface area contributed by atoms with Crippen LogP contribution < -0.4 is 9.46 Å². The summed E-state index contributed by atoms with van der Waals surface area (Å²) in [6, 6.07) is 11.1. The van der Waals surface area contributed by atoms with Crippen molar-refractivity contribution < 1.29 is 17.5 Å². The van der Waals surface area contributed by atoms with Gasteiger partial charge in [-0.05, 0) is 36.6 Å². The SMILES string of the molecule is CCC(NS(=O)(=O)Cc1ccccc1F)c1ccc(OC)c(C)c1. The Bertz CT molecular complexity index is 806. The Morgan fingerprint density at radius 1 is 1.21 bits per heavy atom. The van der Waals surface area contributed by atoms with Crippen LogP contribution >= 0.6 is 0 Å². The molecule has 0 fully saturated rings. The number of hydrogen-bond acceptors (Lipinski definition) is 3. The Kier molecular flexibility index (Phi) is 5.96. The Morgan fingerprint density at radius 3 is 2.50 bits per heavy atom. The lowest BCUT2D eigenvalue weighted by Gasteiger charge is -2.19. The molecule has 0 amide bonds. The summed E-state index contributed by atoms with van der Waals surface area (Å²) in [6.45, 7) is 3.80. The molecule has 0 aliphatic carbocycles. The molecule has 2 aromatic carbocycles. The van der Waals surface area contributed by atoms with Crippen LogP contribution in [0.5, 0.6) is 5.75 Å². The predicted octanol–water partition coefficient (Wildman–Crippen LogP) is 3.71. The van der Waals surface area contributed by atoms with Crippen LogP contribution in [0.1, 0.15) is 36.1 Å². The summed E-state index contributed by atoms with van der Waals surface area (Å²) in [4.78, 5) is 0. The fourth-order valence-corrected chi connectivity index (χ4v) is 4.05. The second-order valence-electron chi connectivity index (χ2n) is 5.66. The first-order valence-electron chi connectivity index (χ1n) is 7.74. The van der Waals surface area contributed by atoms with Gasteiger partial charge >= 0.3 is 0 Å². The second kappa shape index (κ2) is 7.77. The van der Waals surface area contributed by atoms with E-state index in [2.05, 4.69) is 4.72 Å². The van der Waals surface area contributed by atoms with Crippen molar-refractivity contribution in [2.24, 2.45) is 0 Å². The molecule has 0 aliphatic heterocycles. The number of benzene rings is 2. The summed E-state index contributed by atoms with van der Waals surface area (Å²) in [5.41, 5.74) is 1.94. The van der Waals surface area contributed by atoms with Gasteiger partial charge in [-0.1, -0.05) is 37.3 Å². The van der Waals surface area contributed by atoms with E-state index in [4.69, 9.17) is 4.74 Å². The summed E-state index contributed by atoms with van der Waals surface area (Å²) < 4.78 is 46.4. The van der Waals surface area contributed by atoms with Crippen molar-refractivity contribution in [2.75, 3.05) is 7.11 Å². The van der Waals surface area contributed by atoms with Crippen LogP contribution in [0.15, 0.2) is 42.5 Å². The van der Waals surface area contributed by atoms with E-state index in [-0.39, 0.29) is 17.4 Å². The highest BCUT2D eigenvalue weighted by Crippen LogP contribution is 2.25. The summed E-state index contributed by atoms with van der Waals surface area (Å²) in [6.07, 6.45) is 0.586. The fraction of sp³-hybridized carbons (Fsp3) is 0.333. The second-order valence-corrected chi connectivity index (χ2v) is 7.41. The lowest BCUT2D eigenvalue weighted by Crippen LogP contribution is -2.29. The molecular formula is C18H22FNO3S.